The van der Waals surface area contributed by atoms with Crippen LogP contribution in [0.2, 0.25) is 0 Å². The lowest BCUT2D eigenvalue weighted by Crippen LogP contribution is -2.50. The van der Waals surface area contributed by atoms with Gasteiger partial charge in [0.1, 0.15) is 9.90 Å². The molecule has 1 aliphatic heterocycles. The van der Waals surface area contributed by atoms with Crippen molar-refractivity contribution < 1.29 is 13.2 Å². The fourth-order valence-electron chi connectivity index (χ4n) is 3.73. The van der Waals surface area contributed by atoms with E-state index in [2.05, 4.69) is 0 Å². The molecule has 2 aromatic heterocycles. The van der Waals surface area contributed by atoms with Crippen LogP contribution in [0, 0.1) is 0 Å². The van der Waals surface area contributed by atoms with E-state index in [1.165, 1.54) is 15.6 Å². The van der Waals surface area contributed by atoms with E-state index in [4.69, 9.17) is 5.10 Å². The van der Waals surface area contributed by atoms with Gasteiger partial charge in [-0.05, 0) is 42.5 Å². The lowest BCUT2D eigenvalue weighted by Gasteiger charge is -2.33. The Morgan fingerprint density at radius 2 is 1.73 bits per heavy atom. The van der Waals surface area contributed by atoms with Gasteiger partial charge >= 0.3 is 0 Å². The third-order valence-electron chi connectivity index (χ3n) is 5.56. The molecule has 1 saturated heterocycles. The molecule has 0 unspecified atom stereocenters. The predicted octanol–water partition coefficient (Wildman–Crippen LogP) is 2.96. The van der Waals surface area contributed by atoms with E-state index in [0.29, 0.717) is 42.0 Å². The molecule has 0 bridgehead atoms. The molecule has 0 radical (unpaired) electrons. The molecule has 0 atom stereocenters. The van der Waals surface area contributed by atoms with Crippen molar-refractivity contribution in [2.45, 2.75) is 23.0 Å². The van der Waals surface area contributed by atoms with Crippen molar-refractivity contribution in [3.05, 3.63) is 65.3 Å². The molecule has 3 aromatic rings. The number of nitrogens with zero attached hydrogens (tertiary/aromatic N) is 4. The normalized spacial score (nSPS) is 17.9. The van der Waals surface area contributed by atoms with E-state index in [9.17, 15) is 13.2 Å². The summed E-state index contributed by atoms with van der Waals surface area (Å²) in [6.07, 6.45) is 2.22. The van der Waals surface area contributed by atoms with Gasteiger partial charge in [0.2, 0.25) is 0 Å². The first-order valence-corrected chi connectivity index (χ1v) is 12.3. The van der Waals surface area contributed by atoms with Gasteiger partial charge in [-0.1, -0.05) is 24.3 Å². The summed E-state index contributed by atoms with van der Waals surface area (Å²) in [5, 5.41) is 6.47. The Balaban J connectivity index is 1.36. The van der Waals surface area contributed by atoms with Gasteiger partial charge in [-0.2, -0.15) is 9.40 Å². The highest BCUT2D eigenvalue weighted by atomic mass is 32.2. The van der Waals surface area contributed by atoms with Crippen LogP contribution in [-0.4, -0.2) is 59.5 Å². The van der Waals surface area contributed by atoms with Gasteiger partial charge in [0.05, 0.1) is 11.4 Å². The van der Waals surface area contributed by atoms with E-state index in [1.54, 1.807) is 27.1 Å². The van der Waals surface area contributed by atoms with E-state index in [1.807, 2.05) is 36.4 Å². The number of piperazine rings is 1. The number of benzene rings is 1. The Morgan fingerprint density at radius 1 is 1.00 bits per heavy atom. The van der Waals surface area contributed by atoms with Crippen molar-refractivity contribution in [3.63, 3.8) is 0 Å². The summed E-state index contributed by atoms with van der Waals surface area (Å²) >= 11 is 1.22. The average Bonchev–Trinajstić information content (AvgIpc) is 3.29. The van der Waals surface area contributed by atoms with Crippen LogP contribution in [0.15, 0.2) is 58.1 Å². The van der Waals surface area contributed by atoms with Crippen molar-refractivity contribution >= 4 is 27.3 Å². The Kier molecular flexibility index (Phi) is 4.96. The smallest absolute Gasteiger partial charge is 0.272 e. The summed E-state index contributed by atoms with van der Waals surface area (Å²) in [6.45, 7) is 1.31. The fraction of sp³-hybridized carbons (Fsp3) is 0.333. The summed E-state index contributed by atoms with van der Waals surface area (Å²) in [5.74, 6) is 0.334. The monoisotopic (exact) mass is 442 g/mol. The maximum Gasteiger partial charge on any atom is 0.272 e. The van der Waals surface area contributed by atoms with Crippen LogP contribution in [-0.2, 0) is 10.0 Å². The summed E-state index contributed by atoms with van der Waals surface area (Å²) < 4.78 is 29.0. The minimum atomic E-state index is -3.49. The third kappa shape index (κ3) is 3.57. The van der Waals surface area contributed by atoms with Crippen LogP contribution in [0.4, 0.5) is 0 Å². The molecule has 2 aliphatic rings. The highest BCUT2D eigenvalue weighted by molar-refractivity contribution is 7.91. The zero-order valence-corrected chi connectivity index (χ0v) is 18.0. The number of rotatable bonds is 5. The second-order valence-electron chi connectivity index (χ2n) is 7.60. The lowest BCUT2D eigenvalue weighted by molar-refractivity contribution is 0.0689. The number of aromatic nitrogens is 2. The number of hydrogen-bond acceptors (Lipinski definition) is 5. The topological polar surface area (TPSA) is 75.5 Å². The second kappa shape index (κ2) is 7.64. The number of thiophene rings is 1. The molecule has 2 fully saturated rings. The first kappa shape index (κ1) is 19.5. The van der Waals surface area contributed by atoms with E-state index in [0.717, 1.165) is 24.2 Å². The van der Waals surface area contributed by atoms with Crippen molar-refractivity contribution in [2.24, 2.45) is 0 Å². The Bertz CT molecular complexity index is 1140. The Hall–Kier alpha value is -2.49. The SMILES string of the molecule is O=C(c1cc(C2CC2)nn1-c1ccccc1)N1CCN(S(=O)(=O)c2cccs2)CC1. The first-order valence-electron chi connectivity index (χ1n) is 10.0. The molecule has 3 heterocycles. The van der Waals surface area contributed by atoms with E-state index < -0.39 is 10.0 Å². The number of carbonyl (C=O) groups is 1. The second-order valence-corrected chi connectivity index (χ2v) is 10.7. The third-order valence-corrected chi connectivity index (χ3v) is 8.83. The minimum absolute atomic E-state index is 0.105. The van der Waals surface area contributed by atoms with Crippen molar-refractivity contribution in [2.75, 3.05) is 26.2 Å². The lowest BCUT2D eigenvalue weighted by atomic mass is 10.2. The van der Waals surface area contributed by atoms with Crippen LogP contribution in [0.3, 0.4) is 0 Å². The van der Waals surface area contributed by atoms with Gasteiger partial charge in [-0.3, -0.25) is 4.79 Å². The van der Waals surface area contributed by atoms with Gasteiger partial charge in [0.15, 0.2) is 0 Å². The summed E-state index contributed by atoms with van der Waals surface area (Å²) in [7, 11) is -3.49. The van der Waals surface area contributed by atoms with Gasteiger partial charge in [0, 0.05) is 32.1 Å². The zero-order valence-electron chi connectivity index (χ0n) is 16.3. The zero-order chi connectivity index (χ0) is 20.7. The molecule has 9 heteroatoms. The average molecular weight is 443 g/mol. The summed E-state index contributed by atoms with van der Waals surface area (Å²) in [4.78, 5) is 15.1. The Labute approximate surface area is 179 Å². The van der Waals surface area contributed by atoms with Crippen LogP contribution >= 0.6 is 11.3 Å². The van der Waals surface area contributed by atoms with Gasteiger partial charge in [-0.25, -0.2) is 13.1 Å². The van der Waals surface area contributed by atoms with Crippen molar-refractivity contribution in [3.8, 4) is 5.69 Å². The molecule has 30 heavy (non-hydrogen) atoms. The molecule has 1 aromatic carbocycles. The fourth-order valence-corrected chi connectivity index (χ4v) is 6.29. The maximum absolute atomic E-state index is 13.3. The number of amides is 1. The number of sulfonamides is 1. The van der Waals surface area contributed by atoms with Gasteiger partial charge in [0.25, 0.3) is 15.9 Å². The first-order chi connectivity index (χ1) is 14.5. The van der Waals surface area contributed by atoms with Gasteiger partial charge < -0.3 is 4.90 Å². The maximum atomic E-state index is 13.3. The molecule has 5 rings (SSSR count). The van der Waals surface area contributed by atoms with Gasteiger partial charge in [-0.15, -0.1) is 11.3 Å². The predicted molar refractivity (Wildman–Crippen MR) is 115 cm³/mol. The molecular weight excluding hydrogens is 420 g/mol. The number of para-hydroxylation sites is 1. The summed E-state index contributed by atoms with van der Waals surface area (Å²) in [6, 6.07) is 14.9. The number of hydrogen-bond donors (Lipinski definition) is 0. The standard InChI is InChI=1S/C21H22N4O3S2/c26-21(23-10-12-24(13-11-23)30(27,28)20-7-4-14-29-20)19-15-18(16-8-9-16)22-25(19)17-5-2-1-3-6-17/h1-7,14-16H,8-13H2. The molecule has 0 spiro atoms. The van der Waals surface area contributed by atoms with Crippen LogP contribution in [0.25, 0.3) is 5.69 Å². The minimum Gasteiger partial charge on any atom is -0.335 e. The van der Waals surface area contributed by atoms with Crippen LogP contribution in [0.1, 0.15) is 34.9 Å². The van der Waals surface area contributed by atoms with Crippen LogP contribution in [0.5, 0.6) is 0 Å². The van der Waals surface area contributed by atoms with E-state index in [-0.39, 0.29) is 5.91 Å². The molecule has 1 amide bonds. The molecule has 156 valence electrons. The van der Waals surface area contributed by atoms with Crippen molar-refractivity contribution in [1.29, 1.82) is 0 Å². The van der Waals surface area contributed by atoms with E-state index >= 15 is 0 Å². The molecule has 1 saturated carbocycles. The van der Waals surface area contributed by atoms with Crippen LogP contribution < -0.4 is 0 Å². The van der Waals surface area contributed by atoms with Crippen molar-refractivity contribution in [1.82, 2.24) is 19.0 Å². The molecule has 0 N–H and O–H groups in total. The molecule has 1 aliphatic carbocycles. The number of carbonyl (C=O) groups excluding carboxylic acids is 1. The highest BCUT2D eigenvalue weighted by Crippen LogP contribution is 2.40. The quantitative estimate of drug-likeness (QED) is 0.609. The largest absolute Gasteiger partial charge is 0.335 e. The molecular formula is C21H22N4O3S2. The summed E-state index contributed by atoms with van der Waals surface area (Å²) in [5.41, 5.74) is 2.35. The Morgan fingerprint density at radius 3 is 2.37 bits per heavy atom. The highest BCUT2D eigenvalue weighted by Gasteiger charge is 2.34. The molecule has 7 nitrogen and oxygen atoms in total.